The van der Waals surface area contributed by atoms with Crippen molar-refractivity contribution in [3.63, 3.8) is 0 Å². The fraction of sp³-hybridized carbons (Fsp3) is 1.00. The molecule has 0 bridgehead atoms. The monoisotopic (exact) mass is 319 g/mol. The van der Waals surface area contributed by atoms with Crippen LogP contribution in [-0.2, 0) is 10.2 Å². The molecule has 2 saturated heterocycles. The van der Waals surface area contributed by atoms with E-state index in [9.17, 15) is 13.5 Å². The quantitative estimate of drug-likeness (QED) is 0.794. The zero-order chi connectivity index (χ0) is 15.5. The van der Waals surface area contributed by atoms with E-state index in [2.05, 4.69) is 19.0 Å². The zero-order valence-electron chi connectivity index (χ0n) is 13.2. The number of piperidine rings is 2. The van der Waals surface area contributed by atoms with Crippen molar-refractivity contribution in [3.8, 4) is 0 Å². The molecule has 0 amide bonds. The van der Waals surface area contributed by atoms with Crippen molar-refractivity contribution in [1.82, 2.24) is 13.5 Å². The number of aliphatic hydroxyl groups is 1. The maximum absolute atomic E-state index is 12.8. The Bertz CT molecular complexity index is 419. The lowest BCUT2D eigenvalue weighted by Crippen LogP contribution is -2.53. The van der Waals surface area contributed by atoms with Gasteiger partial charge in [0.1, 0.15) is 0 Å². The lowest BCUT2D eigenvalue weighted by molar-refractivity contribution is 0.142. The Morgan fingerprint density at radius 3 is 2.33 bits per heavy atom. The van der Waals surface area contributed by atoms with Gasteiger partial charge in [0.15, 0.2) is 0 Å². The summed E-state index contributed by atoms with van der Waals surface area (Å²) in [7, 11) is 0.711. The van der Waals surface area contributed by atoms with E-state index in [0.717, 1.165) is 38.6 Å². The molecule has 21 heavy (non-hydrogen) atoms. The van der Waals surface area contributed by atoms with Gasteiger partial charge < -0.3 is 10.0 Å². The molecule has 0 saturated carbocycles. The fourth-order valence-electron chi connectivity index (χ4n) is 3.45. The standard InChI is InChI=1S/C14H29N3O3S/c1-15(2)11-13-6-9-16(10-7-13)21(19,20)17-8-4-3-5-14(17)12-18/h13-14,18H,3-12H2,1-2H3. The van der Waals surface area contributed by atoms with E-state index < -0.39 is 10.2 Å². The molecule has 0 aromatic heterocycles. The second-order valence-corrected chi connectivity index (χ2v) is 8.44. The van der Waals surface area contributed by atoms with Crippen molar-refractivity contribution in [2.45, 2.75) is 38.1 Å². The lowest BCUT2D eigenvalue weighted by Gasteiger charge is -2.39. The van der Waals surface area contributed by atoms with Crippen LogP contribution in [0.15, 0.2) is 0 Å². The van der Waals surface area contributed by atoms with Crippen LogP contribution in [0.3, 0.4) is 0 Å². The van der Waals surface area contributed by atoms with E-state index >= 15 is 0 Å². The highest BCUT2D eigenvalue weighted by atomic mass is 32.2. The highest BCUT2D eigenvalue weighted by Crippen LogP contribution is 2.26. The average Bonchev–Trinajstić information content (AvgIpc) is 2.47. The summed E-state index contributed by atoms with van der Waals surface area (Å²) in [5.41, 5.74) is 0. The Labute approximate surface area is 128 Å². The molecular formula is C14H29N3O3S. The molecule has 0 aromatic rings. The third kappa shape index (κ3) is 4.16. The van der Waals surface area contributed by atoms with Crippen molar-refractivity contribution in [1.29, 1.82) is 0 Å². The van der Waals surface area contributed by atoms with E-state index in [0.29, 0.717) is 25.6 Å². The smallest absolute Gasteiger partial charge is 0.282 e. The molecule has 0 radical (unpaired) electrons. The maximum Gasteiger partial charge on any atom is 0.282 e. The summed E-state index contributed by atoms with van der Waals surface area (Å²) < 4.78 is 28.7. The van der Waals surface area contributed by atoms with Gasteiger partial charge in [0.25, 0.3) is 10.2 Å². The molecular weight excluding hydrogens is 290 g/mol. The maximum atomic E-state index is 12.8. The van der Waals surface area contributed by atoms with Gasteiger partial charge in [0.2, 0.25) is 0 Å². The van der Waals surface area contributed by atoms with Crippen molar-refractivity contribution >= 4 is 10.2 Å². The summed E-state index contributed by atoms with van der Waals surface area (Å²) in [6.45, 7) is 2.71. The van der Waals surface area contributed by atoms with Gasteiger partial charge in [0.05, 0.1) is 6.61 Å². The summed E-state index contributed by atoms with van der Waals surface area (Å²) in [5.74, 6) is 0.585. The molecule has 2 aliphatic rings. The predicted molar refractivity (Wildman–Crippen MR) is 83.2 cm³/mol. The van der Waals surface area contributed by atoms with Gasteiger partial charge in [0, 0.05) is 32.2 Å². The minimum Gasteiger partial charge on any atom is -0.395 e. The predicted octanol–water partition coefficient (Wildman–Crippen LogP) is 0.352. The van der Waals surface area contributed by atoms with Crippen molar-refractivity contribution < 1.29 is 13.5 Å². The third-order valence-electron chi connectivity index (χ3n) is 4.60. The molecule has 1 N–H and O–H groups in total. The topological polar surface area (TPSA) is 64.1 Å². The molecule has 2 fully saturated rings. The van der Waals surface area contributed by atoms with E-state index in [-0.39, 0.29) is 12.6 Å². The summed E-state index contributed by atoms with van der Waals surface area (Å²) in [6, 6.07) is -0.233. The van der Waals surface area contributed by atoms with Gasteiger partial charge in [-0.2, -0.15) is 17.0 Å². The van der Waals surface area contributed by atoms with E-state index in [4.69, 9.17) is 0 Å². The van der Waals surface area contributed by atoms with Crippen molar-refractivity contribution in [2.24, 2.45) is 5.92 Å². The molecule has 0 spiro atoms. The Morgan fingerprint density at radius 1 is 1.10 bits per heavy atom. The Morgan fingerprint density at radius 2 is 1.76 bits per heavy atom. The molecule has 0 aliphatic carbocycles. The Hall–Kier alpha value is -0.210. The molecule has 1 atom stereocenters. The Kier molecular flexibility index (Phi) is 6.02. The summed E-state index contributed by atoms with van der Waals surface area (Å²) >= 11 is 0. The first-order valence-electron chi connectivity index (χ1n) is 7.97. The molecule has 2 aliphatic heterocycles. The summed E-state index contributed by atoms with van der Waals surface area (Å²) in [5, 5.41) is 9.43. The third-order valence-corrected chi connectivity index (χ3v) is 6.69. The second kappa shape index (κ2) is 7.37. The largest absolute Gasteiger partial charge is 0.395 e. The Balaban J connectivity index is 1.97. The van der Waals surface area contributed by atoms with E-state index in [1.165, 1.54) is 4.31 Å². The minimum absolute atomic E-state index is 0.0731. The van der Waals surface area contributed by atoms with Crippen LogP contribution in [0, 0.1) is 5.92 Å². The highest BCUT2D eigenvalue weighted by Gasteiger charge is 2.37. The number of hydrogen-bond donors (Lipinski definition) is 1. The molecule has 6 nitrogen and oxygen atoms in total. The van der Waals surface area contributed by atoms with Crippen molar-refractivity contribution in [2.75, 3.05) is 46.9 Å². The SMILES string of the molecule is CN(C)CC1CCN(S(=O)(=O)N2CCCCC2CO)CC1. The van der Waals surface area contributed by atoms with E-state index in [1.807, 2.05) is 0 Å². The zero-order valence-corrected chi connectivity index (χ0v) is 14.1. The van der Waals surface area contributed by atoms with Crippen LogP contribution >= 0.6 is 0 Å². The van der Waals surface area contributed by atoms with Gasteiger partial charge in [-0.15, -0.1) is 0 Å². The van der Waals surface area contributed by atoms with Crippen LogP contribution < -0.4 is 0 Å². The van der Waals surface area contributed by atoms with Crippen LogP contribution in [0.2, 0.25) is 0 Å². The molecule has 7 heteroatoms. The fourth-order valence-corrected chi connectivity index (χ4v) is 5.33. The number of hydrogen-bond acceptors (Lipinski definition) is 4. The van der Waals surface area contributed by atoms with Gasteiger partial charge in [-0.25, -0.2) is 0 Å². The number of aliphatic hydroxyl groups excluding tert-OH is 1. The van der Waals surface area contributed by atoms with Crippen LogP contribution in [0.25, 0.3) is 0 Å². The molecule has 2 rings (SSSR count). The van der Waals surface area contributed by atoms with Gasteiger partial charge >= 0.3 is 0 Å². The van der Waals surface area contributed by atoms with Gasteiger partial charge in [-0.3, -0.25) is 0 Å². The van der Waals surface area contributed by atoms with Crippen LogP contribution in [0.1, 0.15) is 32.1 Å². The number of nitrogens with zero attached hydrogens (tertiary/aromatic N) is 3. The molecule has 1 unspecified atom stereocenters. The van der Waals surface area contributed by atoms with Crippen molar-refractivity contribution in [3.05, 3.63) is 0 Å². The summed E-state index contributed by atoms with van der Waals surface area (Å²) in [4.78, 5) is 2.17. The molecule has 2 heterocycles. The van der Waals surface area contributed by atoms with Gasteiger partial charge in [-0.05, 0) is 45.7 Å². The first-order chi connectivity index (χ1) is 9.95. The summed E-state index contributed by atoms with van der Waals surface area (Å²) in [6.07, 6.45) is 4.52. The minimum atomic E-state index is -3.41. The lowest BCUT2D eigenvalue weighted by atomic mass is 9.98. The first-order valence-corrected chi connectivity index (χ1v) is 9.37. The van der Waals surface area contributed by atoms with Crippen LogP contribution in [0.4, 0.5) is 0 Å². The molecule has 0 aromatic carbocycles. The second-order valence-electron chi connectivity index (χ2n) is 6.56. The van der Waals surface area contributed by atoms with Gasteiger partial charge in [-0.1, -0.05) is 6.42 Å². The van der Waals surface area contributed by atoms with Crippen LogP contribution in [-0.4, -0.2) is 80.0 Å². The average molecular weight is 319 g/mol. The normalized spacial score (nSPS) is 27.3. The molecule has 124 valence electrons. The first kappa shape index (κ1) is 17.1. The van der Waals surface area contributed by atoms with E-state index in [1.54, 1.807) is 4.31 Å². The highest BCUT2D eigenvalue weighted by molar-refractivity contribution is 7.86. The van der Waals surface area contributed by atoms with Crippen LogP contribution in [0.5, 0.6) is 0 Å². The number of rotatable bonds is 5.